The number of benzene rings is 3. The Morgan fingerprint density at radius 1 is 0.968 bits per heavy atom. The van der Waals surface area contributed by atoms with Crippen LogP contribution in [0.2, 0.25) is 0 Å². The van der Waals surface area contributed by atoms with Crippen molar-refractivity contribution in [3.63, 3.8) is 0 Å². The van der Waals surface area contributed by atoms with Crippen molar-refractivity contribution in [2.24, 2.45) is 0 Å². The molecule has 0 fully saturated rings. The van der Waals surface area contributed by atoms with Crippen LogP contribution in [0.3, 0.4) is 0 Å². The molecule has 0 aliphatic heterocycles. The van der Waals surface area contributed by atoms with Crippen LogP contribution in [0.1, 0.15) is 19.4 Å². The van der Waals surface area contributed by atoms with Gasteiger partial charge < -0.3 is 10.1 Å². The summed E-state index contributed by atoms with van der Waals surface area (Å²) in [4.78, 5) is 12.6. The Labute approximate surface area is 190 Å². The van der Waals surface area contributed by atoms with Gasteiger partial charge in [0.15, 0.2) is 6.10 Å². The van der Waals surface area contributed by atoms with Crippen molar-refractivity contribution in [3.8, 4) is 5.75 Å². The highest BCUT2D eigenvalue weighted by Crippen LogP contribution is 2.22. The molecule has 31 heavy (non-hydrogen) atoms. The Hall–Kier alpha value is -2.84. The van der Waals surface area contributed by atoms with Crippen molar-refractivity contribution < 1.29 is 17.9 Å². The molecule has 0 aromatic heterocycles. The first-order valence-corrected chi connectivity index (χ1v) is 12.0. The lowest BCUT2D eigenvalue weighted by Crippen LogP contribution is -2.30. The number of carbonyl (C=O) groups excluding carboxylic acids is 1. The summed E-state index contributed by atoms with van der Waals surface area (Å²) in [6, 6.07) is 20.4. The maximum Gasteiger partial charge on any atom is 0.265 e. The van der Waals surface area contributed by atoms with E-state index in [1.165, 1.54) is 12.1 Å². The molecule has 1 atom stereocenters. The minimum absolute atomic E-state index is 0.0922. The quantitative estimate of drug-likeness (QED) is 0.442. The fourth-order valence-electron chi connectivity index (χ4n) is 2.85. The monoisotopic (exact) mass is 502 g/mol. The molecule has 162 valence electrons. The molecule has 0 aliphatic rings. The van der Waals surface area contributed by atoms with Crippen LogP contribution in [0.25, 0.3) is 0 Å². The summed E-state index contributed by atoms with van der Waals surface area (Å²) in [7, 11) is -3.74. The van der Waals surface area contributed by atoms with Crippen LogP contribution < -0.4 is 14.8 Å². The van der Waals surface area contributed by atoms with Gasteiger partial charge in [0.25, 0.3) is 15.9 Å². The van der Waals surface area contributed by atoms with Crippen LogP contribution in [-0.4, -0.2) is 20.4 Å². The molecule has 0 heterocycles. The number of rotatable bonds is 8. The van der Waals surface area contributed by atoms with Gasteiger partial charge in [-0.1, -0.05) is 41.1 Å². The van der Waals surface area contributed by atoms with Gasteiger partial charge in [-0.05, 0) is 73.5 Å². The van der Waals surface area contributed by atoms with Crippen molar-refractivity contribution in [1.82, 2.24) is 0 Å². The maximum atomic E-state index is 12.6. The van der Waals surface area contributed by atoms with E-state index in [1.54, 1.807) is 43.3 Å². The topological polar surface area (TPSA) is 84.5 Å². The number of nitrogens with one attached hydrogen (secondary N) is 2. The van der Waals surface area contributed by atoms with E-state index in [2.05, 4.69) is 26.0 Å². The SMILES string of the molecule is CCc1ccccc1O[C@H](C)C(=O)Nc1ccc(S(=O)(=O)Nc2ccc(Br)cc2)cc1. The van der Waals surface area contributed by atoms with Crippen LogP contribution >= 0.6 is 15.9 Å². The zero-order chi connectivity index (χ0) is 22.4. The Balaban J connectivity index is 1.64. The summed E-state index contributed by atoms with van der Waals surface area (Å²) in [5.41, 5.74) is 1.96. The van der Waals surface area contributed by atoms with Crippen LogP contribution in [-0.2, 0) is 21.2 Å². The van der Waals surface area contributed by atoms with E-state index >= 15 is 0 Å². The van der Waals surface area contributed by atoms with Crippen molar-refractivity contribution in [2.45, 2.75) is 31.3 Å². The lowest BCUT2D eigenvalue weighted by molar-refractivity contribution is -0.122. The van der Waals surface area contributed by atoms with E-state index in [0.29, 0.717) is 17.1 Å². The van der Waals surface area contributed by atoms with Gasteiger partial charge in [-0.2, -0.15) is 0 Å². The first-order chi connectivity index (χ1) is 14.8. The molecule has 2 N–H and O–H groups in total. The predicted molar refractivity (Wildman–Crippen MR) is 126 cm³/mol. The number of sulfonamides is 1. The Kier molecular flexibility index (Phi) is 7.35. The number of hydrogen-bond acceptors (Lipinski definition) is 4. The first-order valence-electron chi connectivity index (χ1n) is 9.72. The molecule has 0 spiro atoms. The fourth-order valence-corrected chi connectivity index (χ4v) is 4.17. The average molecular weight is 503 g/mol. The van der Waals surface area contributed by atoms with Gasteiger partial charge in [-0.3, -0.25) is 9.52 Å². The van der Waals surface area contributed by atoms with Crippen LogP contribution in [0.4, 0.5) is 11.4 Å². The number of aryl methyl sites for hydroxylation is 1. The van der Waals surface area contributed by atoms with E-state index in [-0.39, 0.29) is 10.8 Å². The smallest absolute Gasteiger partial charge is 0.265 e. The number of anilines is 2. The molecule has 0 saturated heterocycles. The van der Waals surface area contributed by atoms with Gasteiger partial charge >= 0.3 is 0 Å². The van der Waals surface area contributed by atoms with E-state index < -0.39 is 16.1 Å². The van der Waals surface area contributed by atoms with Gasteiger partial charge in [0, 0.05) is 15.8 Å². The largest absolute Gasteiger partial charge is 0.481 e. The van der Waals surface area contributed by atoms with E-state index in [9.17, 15) is 13.2 Å². The molecule has 3 rings (SSSR count). The fraction of sp³-hybridized carbons (Fsp3) is 0.174. The molecule has 1 amide bonds. The second-order valence-electron chi connectivity index (χ2n) is 6.85. The Bertz CT molecular complexity index is 1150. The van der Waals surface area contributed by atoms with Gasteiger partial charge in [-0.25, -0.2) is 8.42 Å². The molecule has 0 unspecified atom stereocenters. The molecule has 0 radical (unpaired) electrons. The summed E-state index contributed by atoms with van der Waals surface area (Å²) < 4.78 is 34.3. The van der Waals surface area contributed by atoms with E-state index in [1.807, 2.05) is 31.2 Å². The van der Waals surface area contributed by atoms with E-state index in [0.717, 1.165) is 16.5 Å². The summed E-state index contributed by atoms with van der Waals surface area (Å²) in [5.74, 6) is 0.350. The van der Waals surface area contributed by atoms with Crippen molar-refractivity contribution in [2.75, 3.05) is 10.0 Å². The number of amides is 1. The van der Waals surface area contributed by atoms with Gasteiger partial charge in [0.05, 0.1) is 4.90 Å². The number of para-hydroxylation sites is 1. The van der Waals surface area contributed by atoms with Crippen LogP contribution in [0.5, 0.6) is 5.75 Å². The lowest BCUT2D eigenvalue weighted by atomic mass is 10.1. The number of hydrogen-bond donors (Lipinski definition) is 2. The number of carbonyl (C=O) groups is 1. The van der Waals surface area contributed by atoms with Crippen molar-refractivity contribution in [1.29, 1.82) is 0 Å². The summed E-state index contributed by atoms with van der Waals surface area (Å²) >= 11 is 3.31. The predicted octanol–water partition coefficient (Wildman–Crippen LogP) is 5.22. The summed E-state index contributed by atoms with van der Waals surface area (Å²) in [5, 5.41) is 2.75. The first kappa shape index (κ1) is 22.8. The van der Waals surface area contributed by atoms with E-state index in [4.69, 9.17) is 4.74 Å². The highest BCUT2D eigenvalue weighted by molar-refractivity contribution is 9.10. The Morgan fingerprint density at radius 2 is 1.58 bits per heavy atom. The molecule has 0 aliphatic carbocycles. The molecule has 6 nitrogen and oxygen atoms in total. The molecular weight excluding hydrogens is 480 g/mol. The third kappa shape index (κ3) is 6.08. The third-order valence-corrected chi connectivity index (χ3v) is 6.48. The van der Waals surface area contributed by atoms with Crippen LogP contribution in [0.15, 0.2) is 82.2 Å². The minimum atomic E-state index is -3.74. The summed E-state index contributed by atoms with van der Waals surface area (Å²) in [6.07, 6.45) is 0.0875. The second-order valence-corrected chi connectivity index (χ2v) is 9.45. The molecule has 8 heteroatoms. The van der Waals surface area contributed by atoms with Gasteiger partial charge in [0.1, 0.15) is 5.75 Å². The van der Waals surface area contributed by atoms with Gasteiger partial charge in [0.2, 0.25) is 0 Å². The normalized spacial score (nSPS) is 12.1. The average Bonchev–Trinajstić information content (AvgIpc) is 2.76. The molecule has 3 aromatic rings. The molecule has 0 bridgehead atoms. The summed E-state index contributed by atoms with van der Waals surface area (Å²) in [6.45, 7) is 3.69. The zero-order valence-electron chi connectivity index (χ0n) is 17.1. The lowest BCUT2D eigenvalue weighted by Gasteiger charge is -2.17. The second kappa shape index (κ2) is 9.98. The number of ether oxygens (including phenoxy) is 1. The van der Waals surface area contributed by atoms with Crippen LogP contribution in [0, 0.1) is 0 Å². The highest BCUT2D eigenvalue weighted by atomic mass is 79.9. The maximum absolute atomic E-state index is 12.6. The highest BCUT2D eigenvalue weighted by Gasteiger charge is 2.18. The Morgan fingerprint density at radius 3 is 2.23 bits per heavy atom. The third-order valence-electron chi connectivity index (χ3n) is 4.56. The molecule has 3 aromatic carbocycles. The molecular formula is C23H23BrN2O4S. The zero-order valence-corrected chi connectivity index (χ0v) is 19.5. The van der Waals surface area contributed by atoms with Gasteiger partial charge in [-0.15, -0.1) is 0 Å². The number of halogens is 1. The standard InChI is InChI=1S/C23H23BrN2O4S/c1-3-17-6-4-5-7-22(17)30-16(2)23(27)25-19-12-14-21(15-13-19)31(28,29)26-20-10-8-18(24)9-11-20/h4-16,26H,3H2,1-2H3,(H,25,27)/t16-/m1/s1. The molecule has 0 saturated carbocycles. The van der Waals surface area contributed by atoms with Crippen molar-refractivity contribution >= 4 is 43.2 Å². The minimum Gasteiger partial charge on any atom is -0.481 e. The van der Waals surface area contributed by atoms with Crippen molar-refractivity contribution in [3.05, 3.63) is 82.8 Å².